The lowest BCUT2D eigenvalue weighted by atomic mass is 9.96. The number of carboxylic acids is 3. The van der Waals surface area contributed by atoms with Crippen LogP contribution in [0.15, 0.2) is 48.5 Å². The summed E-state index contributed by atoms with van der Waals surface area (Å²) in [5.41, 5.74) is 11.9. The molecule has 408 valence electrons. The predicted molar refractivity (Wildman–Crippen MR) is 261 cm³/mol. The number of primary amides is 1. The molecule has 0 bridgehead atoms. The minimum absolute atomic E-state index is 0.0352. The molecule has 8 amide bonds. The monoisotopic (exact) mass is 1040 g/mol. The highest BCUT2D eigenvalue weighted by atomic mass is 16.4. The van der Waals surface area contributed by atoms with Crippen LogP contribution in [-0.2, 0) is 65.6 Å². The number of carboxylic acid groups (broad SMARTS) is 3. The van der Waals surface area contributed by atoms with Gasteiger partial charge in [0.1, 0.15) is 53.8 Å². The second-order valence-corrected chi connectivity index (χ2v) is 18.3. The first kappa shape index (κ1) is 62.2. The van der Waals surface area contributed by atoms with Gasteiger partial charge in [0.2, 0.25) is 47.3 Å². The van der Waals surface area contributed by atoms with Crippen molar-refractivity contribution >= 4 is 65.2 Å². The summed E-state index contributed by atoms with van der Waals surface area (Å²) in [4.78, 5) is 143. The van der Waals surface area contributed by atoms with Crippen molar-refractivity contribution in [3.8, 4) is 11.5 Å². The number of phenolic OH excluding ortho intramolecular Hbond substituents is 2. The third-order valence-electron chi connectivity index (χ3n) is 11.5. The molecule has 0 saturated heterocycles. The van der Waals surface area contributed by atoms with E-state index in [1.807, 2.05) is 0 Å². The summed E-state index contributed by atoms with van der Waals surface area (Å²) >= 11 is 0. The Morgan fingerprint density at radius 2 is 0.919 bits per heavy atom. The van der Waals surface area contributed by atoms with Gasteiger partial charge < -0.3 is 79.3 Å². The van der Waals surface area contributed by atoms with Gasteiger partial charge in [0.15, 0.2) is 0 Å². The number of amides is 8. The number of hydrogen-bond acceptors (Lipinski definition) is 15. The van der Waals surface area contributed by atoms with Crippen molar-refractivity contribution in [3.63, 3.8) is 0 Å². The highest BCUT2D eigenvalue weighted by Crippen LogP contribution is 2.16. The van der Waals surface area contributed by atoms with E-state index in [0.717, 1.165) is 6.92 Å². The van der Waals surface area contributed by atoms with E-state index in [0.29, 0.717) is 11.1 Å². The topological polar surface area (TPSA) is 445 Å². The molecule has 0 radical (unpaired) electrons. The zero-order valence-electron chi connectivity index (χ0n) is 41.7. The Morgan fingerprint density at radius 3 is 1.36 bits per heavy atom. The van der Waals surface area contributed by atoms with Gasteiger partial charge in [-0.1, -0.05) is 58.4 Å². The molecule has 0 aliphatic heterocycles. The minimum atomic E-state index is -1.88. The number of phenols is 2. The number of carbonyl (C=O) groups is 11. The molecule has 0 fully saturated rings. The van der Waals surface area contributed by atoms with Gasteiger partial charge in [-0.2, -0.15) is 0 Å². The van der Waals surface area contributed by atoms with Crippen LogP contribution in [-0.4, -0.2) is 150 Å². The molecule has 0 unspecified atom stereocenters. The number of benzene rings is 2. The van der Waals surface area contributed by atoms with Crippen LogP contribution in [0.2, 0.25) is 0 Å². The largest absolute Gasteiger partial charge is 0.508 e. The number of aromatic hydroxyl groups is 2. The standard InChI is InChI=1S/C48H69N9O17/c1-6-24(4)39(46(71)51-32(16-18-37(62)63)42(67)54-33(19-23(2)3)44(69)55-35(48(73)74)21-27-9-13-29(60)14-10-27)56-43(68)31(15-17-36(50)61)52-47(72)40(25(5)58)57-45(70)34(20-26-7-11-28(59)12-8-26)53-41(66)30(49)22-38(64)65/h7-14,23-25,30-35,39-40,58-60H,6,15-22,49H2,1-5H3,(H2,50,61)(H,51,71)(H,52,72)(H,53,66)(H,54,67)(H,55,69)(H,56,68)(H,57,70)(H,62,63)(H,64,65)(H,73,74)/t24-,25+,30-,31-,32-,33-,34-,35-,39-,40-/m0/s1. The van der Waals surface area contributed by atoms with Gasteiger partial charge in [0, 0.05) is 25.7 Å². The highest BCUT2D eigenvalue weighted by Gasteiger charge is 2.37. The van der Waals surface area contributed by atoms with Crippen molar-refractivity contribution < 1.29 is 83.4 Å². The van der Waals surface area contributed by atoms with E-state index in [9.17, 15) is 78.3 Å². The lowest BCUT2D eigenvalue weighted by Gasteiger charge is -2.30. The molecule has 74 heavy (non-hydrogen) atoms. The van der Waals surface area contributed by atoms with Crippen LogP contribution in [0.1, 0.15) is 90.7 Å². The first-order valence-electron chi connectivity index (χ1n) is 23.7. The molecular weight excluding hydrogens is 975 g/mol. The number of carbonyl (C=O) groups excluding carboxylic acids is 8. The zero-order chi connectivity index (χ0) is 56.0. The van der Waals surface area contributed by atoms with E-state index in [-0.39, 0.29) is 43.1 Å². The smallest absolute Gasteiger partial charge is 0.326 e. The molecule has 0 aliphatic carbocycles. The van der Waals surface area contributed by atoms with Crippen LogP contribution >= 0.6 is 0 Å². The predicted octanol–water partition coefficient (Wildman–Crippen LogP) is -2.23. The number of aliphatic hydroxyl groups excluding tert-OH is 1. The van der Waals surface area contributed by atoms with Crippen LogP contribution in [0.5, 0.6) is 11.5 Å². The van der Waals surface area contributed by atoms with Crippen LogP contribution in [0.25, 0.3) is 0 Å². The molecule has 0 heterocycles. The molecule has 2 aromatic carbocycles. The summed E-state index contributed by atoms with van der Waals surface area (Å²) in [6, 6.07) is -1.86. The molecule has 0 aliphatic rings. The molecule has 2 rings (SSSR count). The normalized spacial score (nSPS) is 15.1. The number of aliphatic hydroxyl groups is 1. The molecule has 0 aromatic heterocycles. The summed E-state index contributed by atoms with van der Waals surface area (Å²) in [7, 11) is 0. The van der Waals surface area contributed by atoms with Gasteiger partial charge >= 0.3 is 17.9 Å². The maximum absolute atomic E-state index is 14.1. The van der Waals surface area contributed by atoms with Crippen molar-refractivity contribution in [2.45, 2.75) is 147 Å². The van der Waals surface area contributed by atoms with Crippen LogP contribution in [0, 0.1) is 11.8 Å². The maximum Gasteiger partial charge on any atom is 0.326 e. The fraction of sp³-hybridized carbons (Fsp3) is 0.521. The van der Waals surface area contributed by atoms with Gasteiger partial charge in [0.25, 0.3) is 0 Å². The minimum Gasteiger partial charge on any atom is -0.508 e. The molecule has 0 spiro atoms. The van der Waals surface area contributed by atoms with Crippen LogP contribution in [0.3, 0.4) is 0 Å². The van der Waals surface area contributed by atoms with Crippen LogP contribution < -0.4 is 48.7 Å². The first-order chi connectivity index (χ1) is 34.6. The Balaban J connectivity index is 2.42. The van der Waals surface area contributed by atoms with Gasteiger partial charge in [0.05, 0.1) is 18.6 Å². The Hall–Kier alpha value is -7.87. The molecular formula is C48H69N9O17. The Kier molecular flexibility index (Phi) is 25.4. The van der Waals surface area contributed by atoms with Crippen molar-refractivity contribution in [1.29, 1.82) is 0 Å². The highest BCUT2D eigenvalue weighted by molar-refractivity contribution is 5.98. The van der Waals surface area contributed by atoms with Gasteiger partial charge in [-0.15, -0.1) is 0 Å². The summed E-state index contributed by atoms with van der Waals surface area (Å²) in [6.45, 7) is 7.71. The number of nitrogens with two attached hydrogens (primary N) is 2. The average Bonchev–Trinajstić information content (AvgIpc) is 3.31. The van der Waals surface area contributed by atoms with Crippen molar-refractivity contribution in [3.05, 3.63) is 59.7 Å². The quantitative estimate of drug-likeness (QED) is 0.0369. The van der Waals surface area contributed by atoms with E-state index in [1.54, 1.807) is 20.8 Å². The van der Waals surface area contributed by atoms with Crippen LogP contribution in [0.4, 0.5) is 0 Å². The maximum atomic E-state index is 14.1. The number of nitrogens with one attached hydrogen (secondary N) is 7. The fourth-order valence-corrected chi connectivity index (χ4v) is 7.18. The summed E-state index contributed by atoms with van der Waals surface area (Å²) in [6.07, 6.45) is -5.06. The average molecular weight is 1040 g/mol. The van der Waals surface area contributed by atoms with E-state index < -0.39 is 158 Å². The summed E-state index contributed by atoms with van der Waals surface area (Å²) < 4.78 is 0. The molecule has 10 atom stereocenters. The lowest BCUT2D eigenvalue weighted by Crippen LogP contribution is -2.62. The zero-order valence-corrected chi connectivity index (χ0v) is 41.7. The number of aliphatic carboxylic acids is 3. The molecule has 17 N–H and O–H groups in total. The van der Waals surface area contributed by atoms with Crippen molar-refractivity contribution in [1.82, 2.24) is 37.2 Å². The van der Waals surface area contributed by atoms with E-state index >= 15 is 0 Å². The first-order valence-corrected chi connectivity index (χ1v) is 23.7. The second-order valence-electron chi connectivity index (χ2n) is 18.3. The Bertz CT molecular complexity index is 2300. The van der Waals surface area contributed by atoms with E-state index in [2.05, 4.69) is 37.2 Å². The SMILES string of the molecule is CC[C@H](C)[C@H](NC(=O)[C@H](CCC(N)=O)NC(=O)[C@@H](NC(=O)[C@H](Cc1ccc(O)cc1)NC(=O)[C@@H](N)CC(=O)O)[C@@H](C)O)C(=O)N[C@@H](CCC(=O)O)C(=O)N[C@@H](CC(C)C)C(=O)N[C@@H](Cc1ccc(O)cc1)C(=O)O. The second kappa shape index (κ2) is 30.2. The Labute approximate surface area is 426 Å². The molecule has 2 aromatic rings. The van der Waals surface area contributed by atoms with Crippen molar-refractivity contribution in [2.75, 3.05) is 0 Å². The number of rotatable bonds is 32. The Morgan fingerprint density at radius 1 is 0.514 bits per heavy atom. The van der Waals surface area contributed by atoms with Crippen molar-refractivity contribution in [2.24, 2.45) is 23.3 Å². The van der Waals surface area contributed by atoms with Gasteiger partial charge in [-0.25, -0.2) is 4.79 Å². The summed E-state index contributed by atoms with van der Waals surface area (Å²) in [5.74, 6) is -13.8. The van der Waals surface area contributed by atoms with E-state index in [4.69, 9.17) is 16.6 Å². The van der Waals surface area contributed by atoms with E-state index in [1.165, 1.54) is 55.5 Å². The van der Waals surface area contributed by atoms with Gasteiger partial charge in [-0.3, -0.25) is 47.9 Å². The summed E-state index contributed by atoms with van der Waals surface area (Å²) in [5, 5.41) is 75.4. The molecule has 26 nitrogen and oxygen atoms in total. The lowest BCUT2D eigenvalue weighted by molar-refractivity contribution is -0.142. The molecule has 0 saturated carbocycles. The third kappa shape index (κ3) is 21.9. The molecule has 26 heteroatoms. The fourth-order valence-electron chi connectivity index (χ4n) is 7.18. The van der Waals surface area contributed by atoms with Gasteiger partial charge in [-0.05, 0) is 73.4 Å². The third-order valence-corrected chi connectivity index (χ3v) is 11.5. The number of hydrogen-bond donors (Lipinski definition) is 15.